The van der Waals surface area contributed by atoms with Gasteiger partial charge in [-0.25, -0.2) is 12.8 Å². The average molecular weight is 636 g/mol. The van der Waals surface area contributed by atoms with Crippen molar-refractivity contribution in [3.05, 3.63) is 0 Å². The number of carbonyl (C=O) groups is 4. The first kappa shape index (κ1) is 30.6. The molecule has 6 saturated carbocycles. The smallest absolute Gasteiger partial charge is 0.364 e. The lowest BCUT2D eigenvalue weighted by Crippen LogP contribution is -2.59. The molecule has 7 atom stereocenters. The number of carbonyl (C=O) groups excluding carboxylic acids is 4. The molecule has 1 heterocycles. The molecule has 7 aliphatic rings. The largest absolute Gasteiger partial charge is 0.743 e. The number of rotatable bonds is 11. The summed E-state index contributed by atoms with van der Waals surface area (Å²) in [5.74, 6) is -3.21. The fourth-order valence-corrected chi connectivity index (χ4v) is 9.56. The number of ether oxygens (including phenoxy) is 4. The Hall–Kier alpha value is -2.42. The Kier molecular flexibility index (Phi) is 7.54. The van der Waals surface area contributed by atoms with E-state index in [2.05, 4.69) is 4.74 Å². The first-order valence-corrected chi connectivity index (χ1v) is 16.3. The normalized spacial score (nSPS) is 41.2. The lowest BCUT2D eigenvalue weighted by Gasteiger charge is -2.59. The van der Waals surface area contributed by atoms with Gasteiger partial charge in [-0.15, -0.1) is 0 Å². The van der Waals surface area contributed by atoms with Crippen molar-refractivity contribution in [1.29, 1.82) is 0 Å². The highest BCUT2D eigenvalue weighted by molar-refractivity contribution is 7.86. The van der Waals surface area contributed by atoms with E-state index < -0.39 is 107 Å². The van der Waals surface area contributed by atoms with Crippen LogP contribution in [0.3, 0.4) is 0 Å². The van der Waals surface area contributed by atoms with Gasteiger partial charge in [0.25, 0.3) is 0 Å². The van der Waals surface area contributed by atoms with Gasteiger partial charge in [0.1, 0.15) is 17.8 Å². The lowest BCUT2D eigenvalue weighted by molar-refractivity contribution is -0.211. The van der Waals surface area contributed by atoms with Crippen molar-refractivity contribution in [1.82, 2.24) is 0 Å². The zero-order chi connectivity index (χ0) is 31.1. The van der Waals surface area contributed by atoms with Crippen LogP contribution in [0.2, 0.25) is 0 Å². The van der Waals surface area contributed by atoms with Crippen molar-refractivity contribution in [3.8, 4) is 0 Å². The second kappa shape index (κ2) is 10.6. The Morgan fingerprint density at radius 3 is 2.23 bits per heavy atom. The number of alkyl halides is 3. The van der Waals surface area contributed by atoms with Crippen molar-refractivity contribution >= 4 is 34.0 Å². The predicted molar refractivity (Wildman–Crippen MR) is 134 cm³/mol. The molecular formula is C28H34F3O11S-. The van der Waals surface area contributed by atoms with E-state index in [0.717, 1.165) is 25.7 Å². The zero-order valence-electron chi connectivity index (χ0n) is 23.5. The van der Waals surface area contributed by atoms with E-state index in [9.17, 15) is 45.3 Å². The van der Waals surface area contributed by atoms with E-state index in [0.29, 0.717) is 18.3 Å². The summed E-state index contributed by atoms with van der Waals surface area (Å²) in [6.45, 7) is 1.07. The fraction of sp³-hybridized carbons (Fsp3) is 0.857. The molecule has 43 heavy (non-hydrogen) atoms. The van der Waals surface area contributed by atoms with Crippen LogP contribution in [-0.4, -0.2) is 72.7 Å². The SMILES string of the molecule is CC1(OC(=O)C2C3CC4C(OC(=O)C42)C3OC(=O)CCC(=O)OCCC(F)C(F)(F)S(=O)(=O)[O-])C2CC3CC(C2)CC1C3. The molecule has 0 aromatic rings. The van der Waals surface area contributed by atoms with Gasteiger partial charge in [-0.1, -0.05) is 0 Å². The van der Waals surface area contributed by atoms with Crippen molar-refractivity contribution in [2.45, 2.75) is 93.9 Å². The maximum atomic E-state index is 13.7. The van der Waals surface area contributed by atoms with Crippen LogP contribution in [0.15, 0.2) is 0 Å². The van der Waals surface area contributed by atoms with Gasteiger partial charge in [-0.3, -0.25) is 19.2 Å². The van der Waals surface area contributed by atoms with Crippen LogP contribution >= 0.6 is 0 Å². The Bertz CT molecular complexity index is 1270. The Morgan fingerprint density at radius 2 is 1.63 bits per heavy atom. The summed E-state index contributed by atoms with van der Waals surface area (Å²) in [6, 6.07) is 0. The highest BCUT2D eigenvalue weighted by atomic mass is 32.2. The highest BCUT2D eigenvalue weighted by Gasteiger charge is 2.71. The maximum Gasteiger partial charge on any atom is 0.364 e. The molecule has 15 heteroatoms. The third-order valence-corrected chi connectivity index (χ3v) is 12.0. The third-order valence-electron chi connectivity index (χ3n) is 11.0. The maximum absolute atomic E-state index is 13.7. The number of fused-ring (bicyclic) bond motifs is 1. The lowest BCUT2D eigenvalue weighted by atomic mass is 9.50. The molecule has 0 aromatic heterocycles. The molecule has 6 aliphatic carbocycles. The molecule has 7 fully saturated rings. The molecule has 1 aliphatic heterocycles. The van der Waals surface area contributed by atoms with Crippen molar-refractivity contribution in [2.24, 2.45) is 47.3 Å². The number of esters is 4. The van der Waals surface area contributed by atoms with Gasteiger partial charge in [0.15, 0.2) is 16.3 Å². The van der Waals surface area contributed by atoms with Gasteiger partial charge in [0, 0.05) is 18.3 Å². The average Bonchev–Trinajstić information content (AvgIpc) is 3.53. The predicted octanol–water partition coefficient (Wildman–Crippen LogP) is 2.65. The van der Waals surface area contributed by atoms with Crippen LogP contribution in [0.25, 0.3) is 0 Å². The van der Waals surface area contributed by atoms with Gasteiger partial charge in [0.2, 0.25) is 0 Å². The molecule has 7 unspecified atom stereocenters. The molecule has 0 aromatic carbocycles. The third kappa shape index (κ3) is 5.11. The van der Waals surface area contributed by atoms with Gasteiger partial charge in [-0.2, -0.15) is 8.78 Å². The van der Waals surface area contributed by atoms with Crippen molar-refractivity contribution in [3.63, 3.8) is 0 Å². The highest BCUT2D eigenvalue weighted by Crippen LogP contribution is 2.62. The first-order chi connectivity index (χ1) is 20.1. The van der Waals surface area contributed by atoms with E-state index in [-0.39, 0.29) is 17.8 Å². The van der Waals surface area contributed by atoms with Crippen LogP contribution in [-0.2, 0) is 48.2 Å². The van der Waals surface area contributed by atoms with Crippen LogP contribution < -0.4 is 0 Å². The van der Waals surface area contributed by atoms with E-state index in [1.807, 2.05) is 6.92 Å². The van der Waals surface area contributed by atoms with E-state index in [4.69, 9.17) is 14.2 Å². The minimum Gasteiger partial charge on any atom is -0.743 e. The monoisotopic (exact) mass is 635 g/mol. The fourth-order valence-electron chi connectivity index (χ4n) is 9.13. The number of halogens is 3. The molecule has 0 radical (unpaired) electrons. The molecule has 240 valence electrons. The molecular weight excluding hydrogens is 601 g/mol. The summed E-state index contributed by atoms with van der Waals surface area (Å²) in [5, 5.41) is -5.18. The zero-order valence-corrected chi connectivity index (χ0v) is 24.3. The topological polar surface area (TPSA) is 162 Å². The van der Waals surface area contributed by atoms with E-state index in [1.165, 1.54) is 6.42 Å². The van der Waals surface area contributed by atoms with E-state index >= 15 is 0 Å². The van der Waals surface area contributed by atoms with Crippen LogP contribution in [0.1, 0.15) is 64.7 Å². The first-order valence-electron chi connectivity index (χ1n) is 14.9. The standard InChI is InChI=1S/C28H35F3O11S/c1-27(14-7-12-6-13(9-14)10-15(27)8-12)42-26(35)22-17-11-16-21(22)25(34)41-24(16)23(17)40-20(33)3-2-19(32)39-5-4-18(29)28(30,31)43(36,37)38/h12-18,21-24H,2-11H2,1H3,(H,36,37,38)/p-1. The molecule has 6 bridgehead atoms. The summed E-state index contributed by atoms with van der Waals surface area (Å²) in [6.07, 6.45) is -1.47. The molecule has 1 saturated heterocycles. The summed E-state index contributed by atoms with van der Waals surface area (Å²) in [4.78, 5) is 51.1. The molecule has 11 nitrogen and oxygen atoms in total. The van der Waals surface area contributed by atoms with Crippen molar-refractivity contribution in [2.75, 3.05) is 6.61 Å². The minimum atomic E-state index is -6.24. The van der Waals surface area contributed by atoms with Crippen LogP contribution in [0, 0.1) is 47.3 Å². The van der Waals surface area contributed by atoms with Crippen LogP contribution in [0.5, 0.6) is 0 Å². The second-order valence-corrected chi connectivity index (χ2v) is 14.8. The summed E-state index contributed by atoms with van der Waals surface area (Å²) in [7, 11) is -6.24. The number of hydrogen-bond acceptors (Lipinski definition) is 11. The van der Waals surface area contributed by atoms with Gasteiger partial charge < -0.3 is 23.5 Å². The van der Waals surface area contributed by atoms with Gasteiger partial charge in [-0.05, 0) is 69.1 Å². The summed E-state index contributed by atoms with van der Waals surface area (Å²) in [5.41, 5.74) is -0.595. The molecule has 7 rings (SSSR count). The van der Waals surface area contributed by atoms with Gasteiger partial charge >= 0.3 is 29.1 Å². The molecule has 0 N–H and O–H groups in total. The summed E-state index contributed by atoms with van der Waals surface area (Å²) < 4.78 is 93.3. The van der Waals surface area contributed by atoms with Gasteiger partial charge in [0.05, 0.1) is 31.3 Å². The quantitative estimate of drug-likeness (QED) is 0.186. The van der Waals surface area contributed by atoms with E-state index in [1.54, 1.807) is 0 Å². The second-order valence-electron chi connectivity index (χ2n) is 13.4. The molecule has 0 amide bonds. The minimum absolute atomic E-state index is 0.287. The summed E-state index contributed by atoms with van der Waals surface area (Å²) >= 11 is 0. The number of hydrogen-bond donors (Lipinski definition) is 0. The Balaban J connectivity index is 1.02. The molecule has 0 spiro atoms. The Morgan fingerprint density at radius 1 is 1.02 bits per heavy atom. The van der Waals surface area contributed by atoms with Crippen molar-refractivity contribution < 1.29 is 64.3 Å². The van der Waals surface area contributed by atoms with Crippen LogP contribution in [0.4, 0.5) is 13.2 Å². The Labute approximate surface area is 246 Å².